The largest absolute Gasteiger partial charge is 0.385 e. The second kappa shape index (κ2) is 6.57. The second-order valence-corrected chi connectivity index (χ2v) is 5.46. The highest BCUT2D eigenvalue weighted by molar-refractivity contribution is 9.10. The lowest BCUT2D eigenvalue weighted by Crippen LogP contribution is -2.15. The van der Waals surface area contributed by atoms with Gasteiger partial charge in [-0.15, -0.1) is 0 Å². The molecule has 0 unspecified atom stereocenters. The molecule has 1 amide bonds. The van der Waals surface area contributed by atoms with E-state index >= 15 is 0 Å². The number of anilines is 2. The Labute approximate surface area is 127 Å². The molecular formula is C16H17BrN2O. The first-order valence-corrected chi connectivity index (χ1v) is 7.31. The van der Waals surface area contributed by atoms with Crippen molar-refractivity contribution >= 4 is 33.2 Å². The first kappa shape index (κ1) is 14.6. The highest BCUT2D eigenvalue weighted by Crippen LogP contribution is 2.21. The average Bonchev–Trinajstić information content (AvgIpc) is 2.39. The highest BCUT2D eigenvalue weighted by atomic mass is 79.9. The van der Waals surface area contributed by atoms with Crippen molar-refractivity contribution in [1.29, 1.82) is 0 Å². The van der Waals surface area contributed by atoms with E-state index in [0.717, 1.165) is 28.0 Å². The lowest BCUT2D eigenvalue weighted by Gasteiger charge is -2.12. The zero-order chi connectivity index (χ0) is 14.5. The Bertz CT molecular complexity index is 626. The maximum atomic E-state index is 12.4. The van der Waals surface area contributed by atoms with Gasteiger partial charge in [0, 0.05) is 22.4 Å². The number of amides is 1. The third-order valence-electron chi connectivity index (χ3n) is 2.87. The van der Waals surface area contributed by atoms with Crippen LogP contribution in [0, 0.1) is 6.92 Å². The smallest absolute Gasteiger partial charge is 0.257 e. The topological polar surface area (TPSA) is 41.1 Å². The molecule has 3 nitrogen and oxygen atoms in total. The van der Waals surface area contributed by atoms with Crippen molar-refractivity contribution in [2.24, 2.45) is 0 Å². The summed E-state index contributed by atoms with van der Waals surface area (Å²) in [5.74, 6) is -0.112. The molecule has 0 atom stereocenters. The van der Waals surface area contributed by atoms with Crippen LogP contribution in [0.4, 0.5) is 11.4 Å². The molecule has 20 heavy (non-hydrogen) atoms. The van der Waals surface area contributed by atoms with Gasteiger partial charge in [-0.25, -0.2) is 0 Å². The molecule has 0 aliphatic rings. The summed E-state index contributed by atoms with van der Waals surface area (Å²) < 4.78 is 0.936. The van der Waals surface area contributed by atoms with Gasteiger partial charge in [-0.05, 0) is 49.7 Å². The number of carbonyl (C=O) groups excluding carboxylic acids is 1. The summed E-state index contributed by atoms with van der Waals surface area (Å²) in [6.07, 6.45) is 0. The van der Waals surface area contributed by atoms with E-state index in [9.17, 15) is 4.79 Å². The Morgan fingerprint density at radius 3 is 2.70 bits per heavy atom. The number of aryl methyl sites for hydroxylation is 1. The van der Waals surface area contributed by atoms with Crippen LogP contribution in [-0.2, 0) is 0 Å². The lowest BCUT2D eigenvalue weighted by atomic mass is 10.1. The summed E-state index contributed by atoms with van der Waals surface area (Å²) in [6, 6.07) is 13.3. The van der Waals surface area contributed by atoms with Gasteiger partial charge in [-0.2, -0.15) is 0 Å². The van der Waals surface area contributed by atoms with Gasteiger partial charge in [0.2, 0.25) is 0 Å². The van der Waals surface area contributed by atoms with Gasteiger partial charge < -0.3 is 10.6 Å². The summed E-state index contributed by atoms with van der Waals surface area (Å²) in [5.41, 5.74) is 3.41. The SMILES string of the molecule is CCNc1cc(C)ccc1C(=O)Nc1cccc(Br)c1. The molecule has 0 saturated heterocycles. The van der Waals surface area contributed by atoms with Crippen LogP contribution in [0.2, 0.25) is 0 Å². The highest BCUT2D eigenvalue weighted by Gasteiger charge is 2.11. The van der Waals surface area contributed by atoms with Crippen molar-refractivity contribution in [3.8, 4) is 0 Å². The van der Waals surface area contributed by atoms with Crippen LogP contribution in [-0.4, -0.2) is 12.5 Å². The Morgan fingerprint density at radius 1 is 1.20 bits per heavy atom. The maximum absolute atomic E-state index is 12.4. The van der Waals surface area contributed by atoms with Gasteiger partial charge in [0.25, 0.3) is 5.91 Å². The van der Waals surface area contributed by atoms with E-state index in [-0.39, 0.29) is 5.91 Å². The van der Waals surface area contributed by atoms with E-state index < -0.39 is 0 Å². The predicted octanol–water partition coefficient (Wildman–Crippen LogP) is 4.44. The Balaban J connectivity index is 2.24. The van der Waals surface area contributed by atoms with Crippen LogP contribution in [0.5, 0.6) is 0 Å². The zero-order valence-corrected chi connectivity index (χ0v) is 13.1. The van der Waals surface area contributed by atoms with Crippen LogP contribution >= 0.6 is 15.9 Å². The van der Waals surface area contributed by atoms with E-state index in [1.54, 1.807) is 0 Å². The van der Waals surface area contributed by atoms with Crippen LogP contribution in [0.1, 0.15) is 22.8 Å². The van der Waals surface area contributed by atoms with Crippen LogP contribution < -0.4 is 10.6 Å². The van der Waals surface area contributed by atoms with Gasteiger partial charge in [0.05, 0.1) is 5.56 Å². The molecule has 0 heterocycles. The second-order valence-electron chi connectivity index (χ2n) is 4.54. The number of hydrogen-bond donors (Lipinski definition) is 2. The molecular weight excluding hydrogens is 316 g/mol. The number of hydrogen-bond acceptors (Lipinski definition) is 2. The van der Waals surface area contributed by atoms with Gasteiger partial charge in [-0.1, -0.05) is 28.1 Å². The van der Waals surface area contributed by atoms with Crippen molar-refractivity contribution < 1.29 is 4.79 Å². The molecule has 0 bridgehead atoms. The molecule has 0 aromatic heterocycles. The molecule has 0 radical (unpaired) electrons. The van der Waals surface area contributed by atoms with Crippen LogP contribution in [0.3, 0.4) is 0 Å². The van der Waals surface area contributed by atoms with E-state index in [4.69, 9.17) is 0 Å². The molecule has 104 valence electrons. The summed E-state index contributed by atoms with van der Waals surface area (Å²) in [4.78, 5) is 12.4. The van der Waals surface area contributed by atoms with E-state index in [2.05, 4.69) is 26.6 Å². The minimum Gasteiger partial charge on any atom is -0.385 e. The summed E-state index contributed by atoms with van der Waals surface area (Å²) >= 11 is 3.39. The van der Waals surface area contributed by atoms with Gasteiger partial charge in [-0.3, -0.25) is 4.79 Å². The molecule has 0 aliphatic carbocycles. The van der Waals surface area contributed by atoms with Gasteiger partial charge in [0.1, 0.15) is 0 Å². The fraction of sp³-hybridized carbons (Fsp3) is 0.188. The first-order chi connectivity index (χ1) is 9.60. The van der Waals surface area contributed by atoms with Crippen LogP contribution in [0.15, 0.2) is 46.9 Å². The third-order valence-corrected chi connectivity index (χ3v) is 3.36. The standard InChI is InChI=1S/C16H17BrN2O/c1-3-18-15-9-11(2)7-8-14(15)16(20)19-13-6-4-5-12(17)10-13/h4-10,18H,3H2,1-2H3,(H,19,20). The molecule has 0 fully saturated rings. The van der Waals surface area contributed by atoms with E-state index in [1.807, 2.05) is 56.3 Å². The molecule has 2 aromatic rings. The van der Waals surface area contributed by atoms with Gasteiger partial charge >= 0.3 is 0 Å². The number of carbonyl (C=O) groups is 1. The monoisotopic (exact) mass is 332 g/mol. The van der Waals surface area contributed by atoms with Gasteiger partial charge in [0.15, 0.2) is 0 Å². The summed E-state index contributed by atoms with van der Waals surface area (Å²) in [6.45, 7) is 4.80. The third kappa shape index (κ3) is 3.61. The molecule has 2 N–H and O–H groups in total. The molecule has 2 rings (SSSR count). The number of halogens is 1. The molecule has 4 heteroatoms. The fourth-order valence-corrected chi connectivity index (χ4v) is 2.36. The zero-order valence-electron chi connectivity index (χ0n) is 11.5. The lowest BCUT2D eigenvalue weighted by molar-refractivity contribution is 0.102. The van der Waals surface area contributed by atoms with E-state index in [1.165, 1.54) is 0 Å². The minimum atomic E-state index is -0.112. The number of rotatable bonds is 4. The van der Waals surface area contributed by atoms with Crippen molar-refractivity contribution in [3.05, 3.63) is 58.1 Å². The Hall–Kier alpha value is -1.81. The summed E-state index contributed by atoms with van der Waals surface area (Å²) in [5, 5.41) is 6.13. The van der Waals surface area contributed by atoms with Crippen molar-refractivity contribution in [2.75, 3.05) is 17.2 Å². The fourth-order valence-electron chi connectivity index (χ4n) is 1.96. The Morgan fingerprint density at radius 2 is 2.00 bits per heavy atom. The normalized spacial score (nSPS) is 10.2. The summed E-state index contributed by atoms with van der Waals surface area (Å²) in [7, 11) is 0. The predicted molar refractivity (Wildman–Crippen MR) is 87.4 cm³/mol. The number of benzene rings is 2. The molecule has 0 saturated carbocycles. The van der Waals surface area contributed by atoms with E-state index in [0.29, 0.717) is 5.56 Å². The number of nitrogens with one attached hydrogen (secondary N) is 2. The van der Waals surface area contributed by atoms with Crippen molar-refractivity contribution in [3.63, 3.8) is 0 Å². The first-order valence-electron chi connectivity index (χ1n) is 6.51. The minimum absolute atomic E-state index is 0.112. The van der Waals surface area contributed by atoms with Crippen LogP contribution in [0.25, 0.3) is 0 Å². The van der Waals surface area contributed by atoms with Crippen molar-refractivity contribution in [1.82, 2.24) is 0 Å². The molecule has 0 aliphatic heterocycles. The molecule has 2 aromatic carbocycles. The average molecular weight is 333 g/mol. The quantitative estimate of drug-likeness (QED) is 0.868. The Kier molecular flexibility index (Phi) is 4.79. The van der Waals surface area contributed by atoms with Crippen molar-refractivity contribution in [2.45, 2.75) is 13.8 Å². The molecule has 0 spiro atoms. The maximum Gasteiger partial charge on any atom is 0.257 e.